The molecule has 1 aromatic heterocycles. The van der Waals surface area contributed by atoms with E-state index in [2.05, 4.69) is 10.7 Å². The summed E-state index contributed by atoms with van der Waals surface area (Å²) >= 11 is 1.76. The molecule has 82 valence electrons. The smallest absolute Gasteiger partial charge is 0.122 e. The van der Waals surface area contributed by atoms with Crippen LogP contribution in [0.5, 0.6) is 0 Å². The fraction of sp³-hybridized carbons (Fsp3) is 0.727. The third-order valence-electron chi connectivity index (χ3n) is 3.16. The highest BCUT2D eigenvalue weighted by molar-refractivity contribution is 7.09. The highest BCUT2D eigenvalue weighted by atomic mass is 32.1. The van der Waals surface area contributed by atoms with Crippen molar-refractivity contribution in [2.24, 2.45) is 0 Å². The van der Waals surface area contributed by atoms with Crippen molar-refractivity contribution in [3.63, 3.8) is 0 Å². The van der Waals surface area contributed by atoms with Gasteiger partial charge in [-0.2, -0.15) is 0 Å². The zero-order valence-electron chi connectivity index (χ0n) is 8.74. The Kier molecular flexibility index (Phi) is 2.73. The largest absolute Gasteiger partial charge is 0.371 e. The van der Waals surface area contributed by atoms with E-state index in [1.807, 2.05) is 0 Å². The van der Waals surface area contributed by atoms with Crippen LogP contribution < -0.4 is 5.32 Å². The Balaban J connectivity index is 1.74. The molecule has 0 aromatic carbocycles. The summed E-state index contributed by atoms with van der Waals surface area (Å²) in [5.74, 6) is 0. The fourth-order valence-electron chi connectivity index (χ4n) is 2.32. The number of hydrogen-bond acceptors (Lipinski definition) is 4. The molecular weight excluding hydrogens is 208 g/mol. The van der Waals surface area contributed by atoms with Gasteiger partial charge in [0.25, 0.3) is 0 Å². The third-order valence-corrected chi connectivity index (χ3v) is 4.12. The van der Waals surface area contributed by atoms with Crippen molar-refractivity contribution in [1.29, 1.82) is 0 Å². The van der Waals surface area contributed by atoms with E-state index in [1.54, 1.807) is 11.3 Å². The van der Waals surface area contributed by atoms with E-state index in [0.717, 1.165) is 19.6 Å². The molecule has 15 heavy (non-hydrogen) atoms. The molecule has 1 unspecified atom stereocenters. The summed E-state index contributed by atoms with van der Waals surface area (Å²) in [6, 6.07) is 0.497. The van der Waals surface area contributed by atoms with E-state index in [9.17, 15) is 0 Å². The lowest BCUT2D eigenvalue weighted by Gasteiger charge is -2.06. The Labute approximate surface area is 93.9 Å². The van der Waals surface area contributed by atoms with Crippen molar-refractivity contribution in [1.82, 2.24) is 10.3 Å². The van der Waals surface area contributed by atoms with Crippen LogP contribution in [0.25, 0.3) is 0 Å². The van der Waals surface area contributed by atoms with Crippen LogP contribution in [0, 0.1) is 0 Å². The molecule has 0 amide bonds. The maximum absolute atomic E-state index is 5.64. The van der Waals surface area contributed by atoms with Crippen LogP contribution in [-0.4, -0.2) is 18.1 Å². The van der Waals surface area contributed by atoms with Crippen molar-refractivity contribution in [2.75, 3.05) is 13.2 Å². The Hall–Kier alpha value is -0.450. The molecule has 0 radical (unpaired) electrons. The summed E-state index contributed by atoms with van der Waals surface area (Å²) in [4.78, 5) is 4.71. The normalized spacial score (nSPS) is 31.2. The summed E-state index contributed by atoms with van der Waals surface area (Å²) < 4.78 is 5.64. The topological polar surface area (TPSA) is 34.1 Å². The van der Waals surface area contributed by atoms with Crippen LogP contribution in [0.2, 0.25) is 0 Å². The van der Waals surface area contributed by atoms with Crippen LogP contribution in [0.4, 0.5) is 0 Å². The van der Waals surface area contributed by atoms with Gasteiger partial charge in [0.05, 0.1) is 11.7 Å². The van der Waals surface area contributed by atoms with Crippen LogP contribution >= 0.6 is 11.3 Å². The second kappa shape index (κ2) is 4.20. The summed E-state index contributed by atoms with van der Waals surface area (Å²) in [5.41, 5.74) is 1.23. The quantitative estimate of drug-likeness (QED) is 0.837. The van der Waals surface area contributed by atoms with Crippen molar-refractivity contribution in [3.8, 4) is 0 Å². The van der Waals surface area contributed by atoms with Gasteiger partial charge in [0.2, 0.25) is 0 Å². The second-order valence-electron chi connectivity index (χ2n) is 4.26. The molecule has 2 atom stereocenters. The number of rotatable bonds is 2. The molecule has 3 nitrogen and oxygen atoms in total. The van der Waals surface area contributed by atoms with Crippen LogP contribution in [-0.2, 0) is 4.74 Å². The van der Waals surface area contributed by atoms with Crippen molar-refractivity contribution < 1.29 is 4.74 Å². The molecule has 2 aliphatic heterocycles. The van der Waals surface area contributed by atoms with E-state index in [4.69, 9.17) is 9.72 Å². The number of aromatic nitrogens is 1. The van der Waals surface area contributed by atoms with Crippen molar-refractivity contribution in [3.05, 3.63) is 16.1 Å². The highest BCUT2D eigenvalue weighted by Gasteiger charge is 2.24. The van der Waals surface area contributed by atoms with Gasteiger partial charge in [-0.1, -0.05) is 0 Å². The zero-order valence-corrected chi connectivity index (χ0v) is 9.55. The molecule has 2 saturated heterocycles. The van der Waals surface area contributed by atoms with Crippen molar-refractivity contribution >= 4 is 11.3 Å². The monoisotopic (exact) mass is 224 g/mol. The van der Waals surface area contributed by atoms with Gasteiger partial charge in [-0.25, -0.2) is 4.98 Å². The molecule has 0 spiro atoms. The van der Waals surface area contributed by atoms with Gasteiger partial charge in [-0.3, -0.25) is 0 Å². The molecule has 3 rings (SSSR count). The molecule has 2 aliphatic rings. The number of nitrogens with zero attached hydrogens (tertiary/aromatic N) is 1. The first-order valence-electron chi connectivity index (χ1n) is 5.74. The summed E-state index contributed by atoms with van der Waals surface area (Å²) in [7, 11) is 0. The fourth-order valence-corrected chi connectivity index (χ4v) is 3.27. The molecular formula is C11H16N2OS. The lowest BCUT2D eigenvalue weighted by atomic mass is 10.2. The van der Waals surface area contributed by atoms with E-state index < -0.39 is 0 Å². The predicted molar refractivity (Wildman–Crippen MR) is 60.0 cm³/mol. The summed E-state index contributed by atoms with van der Waals surface area (Å²) in [6.07, 6.45) is 5.11. The minimum Gasteiger partial charge on any atom is -0.371 e. The maximum Gasteiger partial charge on any atom is 0.122 e. The Morgan fingerprint density at radius 2 is 2.40 bits per heavy atom. The molecule has 1 N–H and O–H groups in total. The van der Waals surface area contributed by atoms with Gasteiger partial charge < -0.3 is 10.1 Å². The van der Waals surface area contributed by atoms with Gasteiger partial charge in [-0.15, -0.1) is 11.3 Å². The first-order valence-corrected chi connectivity index (χ1v) is 6.62. The second-order valence-corrected chi connectivity index (χ2v) is 5.15. The lowest BCUT2D eigenvalue weighted by molar-refractivity contribution is 0.111. The van der Waals surface area contributed by atoms with E-state index in [1.165, 1.54) is 30.0 Å². The molecule has 0 aliphatic carbocycles. The van der Waals surface area contributed by atoms with E-state index >= 15 is 0 Å². The molecule has 3 heterocycles. The lowest BCUT2D eigenvalue weighted by Crippen LogP contribution is -2.13. The van der Waals surface area contributed by atoms with Gasteiger partial charge in [-0.05, 0) is 32.2 Å². The molecule has 1 aromatic rings. The average Bonchev–Trinajstić information content (AvgIpc) is 3.02. The standard InChI is InChI=1S/C11H16N2OS/c1-3-8(12-5-1)9-7-15-11(13-9)10-4-2-6-14-10/h7-8,10,12H,1-6H2/t8-,10?/m0/s1. The Morgan fingerprint density at radius 1 is 1.40 bits per heavy atom. The summed E-state index contributed by atoms with van der Waals surface area (Å²) in [5, 5.41) is 6.85. The minimum absolute atomic E-state index is 0.283. The zero-order chi connectivity index (χ0) is 10.1. The van der Waals surface area contributed by atoms with Gasteiger partial charge >= 0.3 is 0 Å². The number of ether oxygens (including phenoxy) is 1. The SMILES string of the molecule is c1sc(C2CCCO2)nc1[C@@H]1CCCN1. The Bertz CT molecular complexity index is 297. The molecule has 2 fully saturated rings. The highest BCUT2D eigenvalue weighted by Crippen LogP contribution is 2.33. The molecule has 0 bridgehead atoms. The number of thiazole rings is 1. The first-order chi connectivity index (χ1) is 7.43. The maximum atomic E-state index is 5.64. The van der Waals surface area contributed by atoms with E-state index in [-0.39, 0.29) is 6.10 Å². The van der Waals surface area contributed by atoms with Gasteiger partial charge in [0.15, 0.2) is 0 Å². The molecule has 4 heteroatoms. The Morgan fingerprint density at radius 3 is 3.13 bits per heavy atom. The average molecular weight is 224 g/mol. The van der Waals surface area contributed by atoms with E-state index in [0.29, 0.717) is 6.04 Å². The molecule has 0 saturated carbocycles. The minimum atomic E-state index is 0.283. The number of nitrogens with one attached hydrogen (secondary N) is 1. The number of hydrogen-bond donors (Lipinski definition) is 1. The van der Waals surface area contributed by atoms with Crippen molar-refractivity contribution in [2.45, 2.75) is 37.8 Å². The van der Waals surface area contributed by atoms with Gasteiger partial charge in [0.1, 0.15) is 11.1 Å². The van der Waals surface area contributed by atoms with Crippen LogP contribution in [0.3, 0.4) is 0 Å². The van der Waals surface area contributed by atoms with Crippen LogP contribution in [0.1, 0.15) is 48.5 Å². The summed E-state index contributed by atoms with van der Waals surface area (Å²) in [6.45, 7) is 2.04. The predicted octanol–water partition coefficient (Wildman–Crippen LogP) is 2.42. The van der Waals surface area contributed by atoms with Crippen LogP contribution in [0.15, 0.2) is 5.38 Å². The van der Waals surface area contributed by atoms with Gasteiger partial charge in [0, 0.05) is 12.0 Å². The first kappa shape index (κ1) is 9.75. The third kappa shape index (κ3) is 1.94.